The number of nitrogens with zero attached hydrogens (tertiary/aromatic N) is 6. The molecule has 1 fully saturated rings. The molecule has 3 aromatic heterocycles. The summed E-state index contributed by atoms with van der Waals surface area (Å²) < 4.78 is 4.97. The van der Waals surface area contributed by atoms with Crippen LogP contribution in [0.15, 0.2) is 63.2 Å². The van der Waals surface area contributed by atoms with Crippen molar-refractivity contribution in [3.8, 4) is 5.69 Å². The lowest BCUT2D eigenvalue weighted by Crippen LogP contribution is -2.33. The second-order valence-electron chi connectivity index (χ2n) is 10.0. The van der Waals surface area contributed by atoms with E-state index in [1.807, 2.05) is 49.4 Å². The fourth-order valence-electron chi connectivity index (χ4n) is 5.08. The standard InChI is InChI=1S/C30H32N6O3S2/c1-6-15-33(16-7-2)26-22(27(37)34-18-19(3)13-14-24(34)31-26)17-23-28(38)35(30(40)41-23)25-20(4)32(5)36(29(25)39)21-11-9-8-10-12-21/h8-14,17-18H,6-7,15-16H2,1-5H3/b23-17+. The molecule has 1 aliphatic rings. The second kappa shape index (κ2) is 11.5. The molecule has 9 nitrogen and oxygen atoms in total. The van der Waals surface area contributed by atoms with E-state index in [0.717, 1.165) is 30.2 Å². The van der Waals surface area contributed by atoms with Crippen molar-refractivity contribution in [1.82, 2.24) is 18.7 Å². The summed E-state index contributed by atoms with van der Waals surface area (Å²) in [5.41, 5.74) is 2.63. The van der Waals surface area contributed by atoms with Gasteiger partial charge in [-0.05, 0) is 56.5 Å². The van der Waals surface area contributed by atoms with E-state index in [1.54, 1.807) is 30.9 Å². The van der Waals surface area contributed by atoms with Gasteiger partial charge in [0.25, 0.3) is 17.0 Å². The smallest absolute Gasteiger partial charge is 0.296 e. The topological polar surface area (TPSA) is 84.8 Å². The van der Waals surface area contributed by atoms with E-state index in [2.05, 4.69) is 18.7 Å². The van der Waals surface area contributed by atoms with Gasteiger partial charge in [-0.15, -0.1) is 0 Å². The fourth-order valence-corrected chi connectivity index (χ4v) is 6.33. The molecular weight excluding hydrogens is 557 g/mol. The van der Waals surface area contributed by atoms with Crippen molar-refractivity contribution in [1.29, 1.82) is 0 Å². The van der Waals surface area contributed by atoms with Gasteiger partial charge in [0.1, 0.15) is 17.2 Å². The van der Waals surface area contributed by atoms with Crippen LogP contribution in [-0.4, -0.2) is 42.1 Å². The molecule has 41 heavy (non-hydrogen) atoms. The summed E-state index contributed by atoms with van der Waals surface area (Å²) in [5, 5.41) is 0. The zero-order chi connectivity index (χ0) is 29.4. The lowest BCUT2D eigenvalue weighted by molar-refractivity contribution is -0.113. The number of thiocarbonyl (C=S) groups is 1. The molecule has 1 amide bonds. The van der Waals surface area contributed by atoms with Crippen LogP contribution >= 0.6 is 24.0 Å². The van der Waals surface area contributed by atoms with Crippen LogP contribution < -0.4 is 20.9 Å². The Morgan fingerprint density at radius 3 is 2.32 bits per heavy atom. The van der Waals surface area contributed by atoms with E-state index in [-0.39, 0.29) is 26.0 Å². The molecule has 0 bridgehead atoms. The number of hydrogen-bond donors (Lipinski definition) is 0. The van der Waals surface area contributed by atoms with Gasteiger partial charge in [0.05, 0.1) is 21.8 Å². The van der Waals surface area contributed by atoms with E-state index in [4.69, 9.17) is 17.2 Å². The number of aromatic nitrogens is 4. The van der Waals surface area contributed by atoms with Gasteiger partial charge < -0.3 is 4.90 Å². The maximum absolute atomic E-state index is 13.9. The summed E-state index contributed by atoms with van der Waals surface area (Å²) in [5.74, 6) is 0.0957. The Kier molecular flexibility index (Phi) is 8.01. The number of benzene rings is 1. The van der Waals surface area contributed by atoms with Gasteiger partial charge in [0.2, 0.25) is 0 Å². The summed E-state index contributed by atoms with van der Waals surface area (Å²) in [4.78, 5) is 50.0. The third-order valence-electron chi connectivity index (χ3n) is 7.09. The minimum Gasteiger partial charge on any atom is -0.356 e. The van der Waals surface area contributed by atoms with Crippen molar-refractivity contribution in [3.05, 3.63) is 91.1 Å². The molecule has 0 saturated carbocycles. The van der Waals surface area contributed by atoms with Crippen LogP contribution in [0.4, 0.5) is 11.5 Å². The zero-order valence-electron chi connectivity index (χ0n) is 23.7. The highest BCUT2D eigenvalue weighted by Crippen LogP contribution is 2.37. The van der Waals surface area contributed by atoms with Crippen LogP contribution in [0.1, 0.15) is 43.5 Å². The van der Waals surface area contributed by atoms with Gasteiger partial charge in [-0.25, -0.2) is 9.67 Å². The molecule has 1 saturated heterocycles. The summed E-state index contributed by atoms with van der Waals surface area (Å²) in [6.45, 7) is 9.28. The molecule has 0 spiro atoms. The minimum atomic E-state index is -0.441. The Bertz CT molecular complexity index is 1810. The predicted molar refractivity (Wildman–Crippen MR) is 170 cm³/mol. The number of fused-ring (bicyclic) bond motifs is 1. The Morgan fingerprint density at radius 1 is 0.976 bits per heavy atom. The van der Waals surface area contributed by atoms with Crippen LogP contribution in [-0.2, 0) is 11.8 Å². The van der Waals surface area contributed by atoms with Gasteiger partial charge >= 0.3 is 0 Å². The number of amides is 1. The third kappa shape index (κ3) is 5.04. The van der Waals surface area contributed by atoms with Gasteiger partial charge in [-0.3, -0.25) is 28.4 Å². The molecule has 5 rings (SSSR count). The predicted octanol–water partition coefficient (Wildman–Crippen LogP) is 4.83. The Morgan fingerprint density at radius 2 is 1.66 bits per heavy atom. The van der Waals surface area contributed by atoms with Crippen molar-refractivity contribution < 1.29 is 4.79 Å². The van der Waals surface area contributed by atoms with Gasteiger partial charge in [0.15, 0.2) is 4.32 Å². The lowest BCUT2D eigenvalue weighted by Gasteiger charge is -2.24. The van der Waals surface area contributed by atoms with E-state index < -0.39 is 5.91 Å². The average molecular weight is 589 g/mol. The maximum Gasteiger partial charge on any atom is 0.296 e. The highest BCUT2D eigenvalue weighted by Gasteiger charge is 2.38. The summed E-state index contributed by atoms with van der Waals surface area (Å²) in [6, 6.07) is 13.0. The Balaban J connectivity index is 1.66. The van der Waals surface area contributed by atoms with Crippen molar-refractivity contribution in [2.45, 2.75) is 40.5 Å². The SMILES string of the molecule is CCCN(CCC)c1nc2ccc(C)cn2c(=O)c1/C=C1/SC(=S)N(c2c(C)n(C)n(-c3ccccc3)c2=O)C1=O. The number of thioether (sulfide) groups is 1. The van der Waals surface area contributed by atoms with Crippen molar-refractivity contribution in [2.75, 3.05) is 22.9 Å². The average Bonchev–Trinajstić information content (AvgIpc) is 3.35. The van der Waals surface area contributed by atoms with E-state index in [0.29, 0.717) is 41.5 Å². The number of rotatable bonds is 8. The summed E-state index contributed by atoms with van der Waals surface area (Å²) >= 11 is 6.72. The second-order valence-corrected chi connectivity index (χ2v) is 11.7. The molecule has 0 atom stereocenters. The molecule has 0 N–H and O–H groups in total. The van der Waals surface area contributed by atoms with Crippen molar-refractivity contribution in [2.24, 2.45) is 7.05 Å². The Labute approximate surface area is 247 Å². The first kappa shape index (κ1) is 28.6. The quantitative estimate of drug-likeness (QED) is 0.215. The highest BCUT2D eigenvalue weighted by molar-refractivity contribution is 8.27. The minimum absolute atomic E-state index is 0.199. The number of anilines is 2. The molecule has 0 radical (unpaired) electrons. The molecule has 1 aliphatic heterocycles. The number of carbonyl (C=O) groups excluding carboxylic acids is 1. The molecule has 1 aromatic carbocycles. The van der Waals surface area contributed by atoms with Crippen LogP contribution in [0.25, 0.3) is 17.4 Å². The first-order valence-electron chi connectivity index (χ1n) is 13.6. The maximum atomic E-state index is 13.9. The van der Waals surface area contributed by atoms with Crippen LogP contribution in [0.3, 0.4) is 0 Å². The molecular formula is C30H32N6O3S2. The van der Waals surface area contributed by atoms with Crippen molar-refractivity contribution in [3.63, 3.8) is 0 Å². The zero-order valence-corrected chi connectivity index (χ0v) is 25.4. The molecule has 11 heteroatoms. The number of hydrogen-bond acceptors (Lipinski definition) is 7. The van der Waals surface area contributed by atoms with Crippen molar-refractivity contribution >= 4 is 57.4 Å². The monoisotopic (exact) mass is 588 g/mol. The molecule has 212 valence electrons. The number of para-hydroxylation sites is 1. The van der Waals surface area contributed by atoms with E-state index in [9.17, 15) is 14.4 Å². The van der Waals surface area contributed by atoms with E-state index >= 15 is 0 Å². The summed E-state index contributed by atoms with van der Waals surface area (Å²) in [7, 11) is 1.77. The van der Waals surface area contributed by atoms with Gasteiger partial charge in [-0.2, -0.15) is 0 Å². The van der Waals surface area contributed by atoms with Gasteiger partial charge in [-0.1, -0.05) is 62.1 Å². The van der Waals surface area contributed by atoms with Crippen LogP contribution in [0, 0.1) is 13.8 Å². The lowest BCUT2D eigenvalue weighted by atomic mass is 10.2. The number of aryl methyl sites for hydroxylation is 1. The van der Waals surface area contributed by atoms with E-state index in [1.165, 1.54) is 14.0 Å². The van der Waals surface area contributed by atoms with Crippen LogP contribution in [0.2, 0.25) is 0 Å². The first-order chi connectivity index (χ1) is 19.7. The molecule has 0 aliphatic carbocycles. The number of pyridine rings is 1. The first-order valence-corrected chi connectivity index (χ1v) is 14.8. The Hall–Kier alpha value is -3.96. The highest BCUT2D eigenvalue weighted by atomic mass is 32.2. The fraction of sp³-hybridized carbons (Fsp3) is 0.300. The molecule has 4 aromatic rings. The largest absolute Gasteiger partial charge is 0.356 e. The third-order valence-corrected chi connectivity index (χ3v) is 8.39. The summed E-state index contributed by atoms with van der Waals surface area (Å²) in [6.07, 6.45) is 5.08. The normalized spacial score (nSPS) is 14.6. The molecule has 0 unspecified atom stereocenters. The number of carbonyl (C=O) groups is 1. The van der Waals surface area contributed by atoms with Crippen LogP contribution in [0.5, 0.6) is 0 Å². The molecule has 4 heterocycles. The van der Waals surface area contributed by atoms with Gasteiger partial charge in [0, 0.05) is 26.3 Å².